The lowest BCUT2D eigenvalue weighted by Gasteiger charge is -2.35. The molecule has 0 aromatic carbocycles. The highest BCUT2D eigenvalue weighted by molar-refractivity contribution is 5.68. The number of amides is 1. The van der Waals surface area contributed by atoms with Crippen LogP contribution in [-0.2, 0) is 4.74 Å². The normalized spacial score (nSPS) is 21.7. The Bertz CT molecular complexity index is 318. The Hall–Kier alpha value is -1.19. The van der Waals surface area contributed by atoms with Crippen LogP contribution in [0.2, 0.25) is 0 Å². The fourth-order valence-corrected chi connectivity index (χ4v) is 2.07. The monoisotopic (exact) mass is 254 g/mol. The van der Waals surface area contributed by atoms with Crippen molar-refractivity contribution in [1.82, 2.24) is 10.2 Å². The van der Waals surface area contributed by atoms with E-state index < -0.39 is 5.60 Å². The molecule has 1 saturated heterocycles. The third kappa shape index (κ3) is 4.98. The summed E-state index contributed by atoms with van der Waals surface area (Å²) in [5.74, 6) is 0. The molecule has 1 aliphatic heterocycles. The topological polar surface area (TPSA) is 41.6 Å². The molecular formula is C14H26N2O2. The van der Waals surface area contributed by atoms with Gasteiger partial charge in [-0.1, -0.05) is 6.08 Å². The molecule has 4 heteroatoms. The Labute approximate surface area is 110 Å². The van der Waals surface area contributed by atoms with E-state index in [1.54, 1.807) is 0 Å². The molecule has 1 heterocycles. The number of nitrogens with one attached hydrogen (secondary N) is 1. The van der Waals surface area contributed by atoms with Crippen molar-refractivity contribution in [2.75, 3.05) is 13.1 Å². The van der Waals surface area contributed by atoms with Gasteiger partial charge in [-0.15, -0.1) is 0 Å². The largest absolute Gasteiger partial charge is 0.444 e. The number of carbonyl (C=O) groups is 1. The molecule has 0 aromatic heterocycles. The summed E-state index contributed by atoms with van der Waals surface area (Å²) >= 11 is 0. The molecule has 0 saturated carbocycles. The maximum absolute atomic E-state index is 11.7. The first kappa shape index (κ1) is 14.9. The average Bonchev–Trinajstić information content (AvgIpc) is 2.25. The van der Waals surface area contributed by atoms with Crippen LogP contribution in [0.3, 0.4) is 0 Å². The second-order valence-electron chi connectivity index (χ2n) is 5.86. The fourth-order valence-electron chi connectivity index (χ4n) is 2.07. The minimum absolute atomic E-state index is 0.184. The highest BCUT2D eigenvalue weighted by Crippen LogP contribution is 2.15. The lowest BCUT2D eigenvalue weighted by Crippen LogP contribution is -2.48. The summed E-state index contributed by atoms with van der Waals surface area (Å²) < 4.78 is 5.28. The summed E-state index contributed by atoms with van der Waals surface area (Å²) in [6.45, 7) is 11.7. The molecule has 0 aliphatic carbocycles. The number of piperidine rings is 1. The first-order valence-corrected chi connectivity index (χ1v) is 6.69. The Balaban J connectivity index is 2.45. The van der Waals surface area contributed by atoms with Gasteiger partial charge in [0.25, 0.3) is 0 Å². The minimum atomic E-state index is -0.433. The standard InChI is InChI=1S/C14H26N2O2/c1-6-11(2)16-9-7-8-12(10-16)15-13(17)18-14(3,4)5/h6,12H,7-10H2,1-5H3,(H,15,17)/b11-6-/t12-/m1/s1. The Morgan fingerprint density at radius 2 is 2.11 bits per heavy atom. The van der Waals surface area contributed by atoms with E-state index in [9.17, 15) is 4.79 Å². The van der Waals surface area contributed by atoms with Crippen LogP contribution in [-0.4, -0.2) is 35.7 Å². The maximum atomic E-state index is 11.7. The quantitative estimate of drug-likeness (QED) is 0.824. The predicted molar refractivity (Wildman–Crippen MR) is 73.4 cm³/mol. The van der Waals surface area contributed by atoms with Crippen molar-refractivity contribution >= 4 is 6.09 Å². The van der Waals surface area contributed by atoms with Crippen molar-refractivity contribution in [2.45, 2.75) is 59.1 Å². The smallest absolute Gasteiger partial charge is 0.407 e. The van der Waals surface area contributed by atoms with Gasteiger partial charge in [-0.25, -0.2) is 4.79 Å². The molecule has 1 N–H and O–H groups in total. The first-order valence-electron chi connectivity index (χ1n) is 6.69. The van der Waals surface area contributed by atoms with Crippen LogP contribution in [0.15, 0.2) is 11.8 Å². The first-order chi connectivity index (χ1) is 8.31. The second kappa shape index (κ2) is 6.12. The minimum Gasteiger partial charge on any atom is -0.444 e. The van der Waals surface area contributed by atoms with Crippen LogP contribution in [0.25, 0.3) is 0 Å². The maximum Gasteiger partial charge on any atom is 0.407 e. The summed E-state index contributed by atoms with van der Waals surface area (Å²) in [4.78, 5) is 14.0. The van der Waals surface area contributed by atoms with Gasteiger partial charge < -0.3 is 15.0 Å². The zero-order valence-electron chi connectivity index (χ0n) is 12.2. The summed E-state index contributed by atoms with van der Waals surface area (Å²) in [7, 11) is 0. The molecule has 4 nitrogen and oxygen atoms in total. The molecule has 0 radical (unpaired) electrons. The van der Waals surface area contributed by atoms with Crippen LogP contribution in [0.4, 0.5) is 4.79 Å². The Morgan fingerprint density at radius 1 is 1.44 bits per heavy atom. The Morgan fingerprint density at radius 3 is 2.67 bits per heavy atom. The van der Waals surface area contributed by atoms with Gasteiger partial charge in [-0.05, 0) is 47.5 Å². The lowest BCUT2D eigenvalue weighted by molar-refractivity contribution is 0.0480. The van der Waals surface area contributed by atoms with E-state index in [4.69, 9.17) is 4.74 Å². The van der Waals surface area contributed by atoms with Gasteiger partial charge in [0, 0.05) is 24.8 Å². The number of rotatable bonds is 2. The van der Waals surface area contributed by atoms with E-state index in [1.807, 2.05) is 27.7 Å². The van der Waals surface area contributed by atoms with Crippen molar-refractivity contribution in [2.24, 2.45) is 0 Å². The number of carbonyl (C=O) groups excluding carboxylic acids is 1. The molecular weight excluding hydrogens is 228 g/mol. The van der Waals surface area contributed by atoms with Crippen molar-refractivity contribution in [3.05, 3.63) is 11.8 Å². The molecule has 0 aromatic rings. The van der Waals surface area contributed by atoms with Crippen LogP contribution in [0, 0.1) is 0 Å². The number of alkyl carbamates (subject to hydrolysis) is 1. The zero-order chi connectivity index (χ0) is 13.8. The van der Waals surface area contributed by atoms with E-state index in [2.05, 4.69) is 23.2 Å². The van der Waals surface area contributed by atoms with E-state index in [0.717, 1.165) is 25.9 Å². The third-order valence-corrected chi connectivity index (χ3v) is 3.06. The van der Waals surface area contributed by atoms with Crippen molar-refractivity contribution < 1.29 is 9.53 Å². The Kier molecular flexibility index (Phi) is 5.05. The highest BCUT2D eigenvalue weighted by Gasteiger charge is 2.23. The predicted octanol–water partition coefficient (Wildman–Crippen LogP) is 2.90. The molecule has 0 unspecified atom stereocenters. The van der Waals surface area contributed by atoms with Gasteiger partial charge in [-0.3, -0.25) is 0 Å². The number of nitrogens with zero attached hydrogens (tertiary/aromatic N) is 1. The number of hydrogen-bond acceptors (Lipinski definition) is 3. The zero-order valence-corrected chi connectivity index (χ0v) is 12.2. The SMILES string of the molecule is C/C=C(/C)N1CCC[C@@H](NC(=O)OC(C)(C)C)C1. The van der Waals surface area contributed by atoms with Gasteiger partial charge in [0.2, 0.25) is 0 Å². The van der Waals surface area contributed by atoms with Crippen molar-refractivity contribution in [3.63, 3.8) is 0 Å². The summed E-state index contributed by atoms with van der Waals surface area (Å²) in [5.41, 5.74) is 0.836. The lowest BCUT2D eigenvalue weighted by atomic mass is 10.1. The molecule has 18 heavy (non-hydrogen) atoms. The van der Waals surface area contributed by atoms with Gasteiger partial charge in [0.1, 0.15) is 5.60 Å². The molecule has 0 bridgehead atoms. The number of allylic oxidation sites excluding steroid dienone is 2. The van der Waals surface area contributed by atoms with Gasteiger partial charge in [0.15, 0.2) is 0 Å². The van der Waals surface area contributed by atoms with Crippen LogP contribution in [0.1, 0.15) is 47.5 Å². The second-order valence-corrected chi connectivity index (χ2v) is 5.86. The molecule has 1 fully saturated rings. The van der Waals surface area contributed by atoms with Gasteiger partial charge in [0.05, 0.1) is 0 Å². The number of hydrogen-bond donors (Lipinski definition) is 1. The molecule has 1 rings (SSSR count). The molecule has 0 spiro atoms. The molecule has 104 valence electrons. The van der Waals surface area contributed by atoms with Crippen molar-refractivity contribution in [3.8, 4) is 0 Å². The molecule has 1 amide bonds. The van der Waals surface area contributed by atoms with E-state index in [0.29, 0.717) is 0 Å². The highest BCUT2D eigenvalue weighted by atomic mass is 16.6. The van der Waals surface area contributed by atoms with Crippen LogP contribution >= 0.6 is 0 Å². The third-order valence-electron chi connectivity index (χ3n) is 3.06. The van der Waals surface area contributed by atoms with Crippen molar-refractivity contribution in [1.29, 1.82) is 0 Å². The van der Waals surface area contributed by atoms with Gasteiger partial charge in [-0.2, -0.15) is 0 Å². The summed E-state index contributed by atoms with van der Waals surface area (Å²) in [6.07, 6.45) is 3.92. The molecule has 1 atom stereocenters. The van der Waals surface area contributed by atoms with E-state index in [-0.39, 0.29) is 12.1 Å². The number of ether oxygens (including phenoxy) is 1. The number of likely N-dealkylation sites (tertiary alicyclic amines) is 1. The van der Waals surface area contributed by atoms with Crippen LogP contribution in [0.5, 0.6) is 0 Å². The summed E-state index contributed by atoms with van der Waals surface area (Å²) in [6, 6.07) is 0.184. The van der Waals surface area contributed by atoms with Gasteiger partial charge >= 0.3 is 6.09 Å². The average molecular weight is 254 g/mol. The molecule has 1 aliphatic rings. The fraction of sp³-hybridized carbons (Fsp3) is 0.786. The van der Waals surface area contributed by atoms with E-state index >= 15 is 0 Å². The summed E-state index contributed by atoms with van der Waals surface area (Å²) in [5, 5.41) is 2.95. The van der Waals surface area contributed by atoms with Crippen LogP contribution < -0.4 is 5.32 Å². The van der Waals surface area contributed by atoms with E-state index in [1.165, 1.54) is 5.70 Å².